The van der Waals surface area contributed by atoms with Crippen molar-refractivity contribution in [1.29, 1.82) is 0 Å². The summed E-state index contributed by atoms with van der Waals surface area (Å²) in [5.74, 6) is 0. The van der Waals surface area contributed by atoms with Gasteiger partial charge in [0.1, 0.15) is 0 Å². The summed E-state index contributed by atoms with van der Waals surface area (Å²) in [6.45, 7) is 4.39. The Labute approximate surface area is 125 Å². The third-order valence-corrected chi connectivity index (χ3v) is 4.45. The van der Waals surface area contributed by atoms with Crippen molar-refractivity contribution in [3.8, 4) is 0 Å². The summed E-state index contributed by atoms with van der Waals surface area (Å²) in [5, 5.41) is 3.19. The molecule has 2 aromatic rings. The fraction of sp³-hybridized carbons (Fsp3) is 0.562. The number of para-hydroxylation sites is 2. The van der Waals surface area contributed by atoms with Gasteiger partial charge in [-0.2, -0.15) is 0 Å². The van der Waals surface area contributed by atoms with Crippen LogP contribution >= 0.6 is 0 Å². The molecular formula is C16H24N4O. The van der Waals surface area contributed by atoms with E-state index in [1.54, 1.807) is 0 Å². The van der Waals surface area contributed by atoms with Gasteiger partial charge in [0.05, 0.1) is 11.0 Å². The molecule has 0 aliphatic carbocycles. The second-order valence-corrected chi connectivity index (χ2v) is 5.85. The predicted octanol–water partition coefficient (Wildman–Crippen LogP) is 1.58. The topological polar surface area (TPSA) is 53.1 Å². The fourth-order valence-corrected chi connectivity index (χ4v) is 3.32. The molecule has 1 fully saturated rings. The summed E-state index contributed by atoms with van der Waals surface area (Å²) in [7, 11) is 2.00. The van der Waals surface area contributed by atoms with Gasteiger partial charge in [0.2, 0.25) is 0 Å². The number of aromatic nitrogens is 2. The molecule has 0 amide bonds. The van der Waals surface area contributed by atoms with E-state index >= 15 is 0 Å². The zero-order chi connectivity index (χ0) is 14.7. The van der Waals surface area contributed by atoms with E-state index < -0.39 is 0 Å². The Bertz CT molecular complexity index is 637. The van der Waals surface area contributed by atoms with Crippen LogP contribution in [0.5, 0.6) is 0 Å². The highest BCUT2D eigenvalue weighted by Gasteiger charge is 2.22. The highest BCUT2D eigenvalue weighted by Crippen LogP contribution is 2.24. The minimum atomic E-state index is 0.0323. The highest BCUT2D eigenvalue weighted by atomic mass is 16.1. The van der Waals surface area contributed by atoms with E-state index in [0.29, 0.717) is 6.04 Å². The molecule has 1 aromatic heterocycles. The number of fused-ring (bicyclic) bond motifs is 1. The number of nitrogens with one attached hydrogen (secondary N) is 2. The molecule has 5 nitrogen and oxygen atoms in total. The summed E-state index contributed by atoms with van der Waals surface area (Å²) < 4.78 is 1.96. The van der Waals surface area contributed by atoms with Gasteiger partial charge in [-0.3, -0.25) is 4.57 Å². The first-order valence-electron chi connectivity index (χ1n) is 7.86. The van der Waals surface area contributed by atoms with Crippen molar-refractivity contribution in [3.05, 3.63) is 34.7 Å². The first-order valence-corrected chi connectivity index (χ1v) is 7.86. The first kappa shape index (κ1) is 14.4. The van der Waals surface area contributed by atoms with Gasteiger partial charge in [-0.05, 0) is 51.5 Å². The average molecular weight is 288 g/mol. The molecule has 21 heavy (non-hydrogen) atoms. The number of benzene rings is 1. The van der Waals surface area contributed by atoms with E-state index in [1.807, 2.05) is 35.9 Å². The molecule has 2 heterocycles. The van der Waals surface area contributed by atoms with Crippen LogP contribution in [0.25, 0.3) is 11.0 Å². The van der Waals surface area contributed by atoms with Crippen molar-refractivity contribution in [2.45, 2.75) is 25.3 Å². The van der Waals surface area contributed by atoms with Crippen LogP contribution in [0, 0.1) is 0 Å². The lowest BCUT2D eigenvalue weighted by Gasteiger charge is -2.32. The fourth-order valence-electron chi connectivity index (χ4n) is 3.32. The lowest BCUT2D eigenvalue weighted by atomic mass is 10.0. The summed E-state index contributed by atoms with van der Waals surface area (Å²) in [4.78, 5) is 17.7. The molecule has 0 atom stereocenters. The SMILES string of the molecule is CNCCCN1CCC(n2c(=O)[nH]c3ccccc32)CC1. The van der Waals surface area contributed by atoms with Crippen molar-refractivity contribution in [2.24, 2.45) is 0 Å². The molecule has 1 aliphatic rings. The van der Waals surface area contributed by atoms with Crippen LogP contribution in [0.4, 0.5) is 0 Å². The van der Waals surface area contributed by atoms with Gasteiger partial charge >= 0.3 is 5.69 Å². The molecule has 3 rings (SSSR count). The number of rotatable bonds is 5. The predicted molar refractivity (Wildman–Crippen MR) is 85.8 cm³/mol. The zero-order valence-corrected chi connectivity index (χ0v) is 12.6. The number of H-pyrrole nitrogens is 1. The van der Waals surface area contributed by atoms with Gasteiger partial charge in [-0.25, -0.2) is 4.79 Å². The first-order chi connectivity index (χ1) is 10.3. The van der Waals surface area contributed by atoms with Crippen LogP contribution < -0.4 is 11.0 Å². The van der Waals surface area contributed by atoms with Gasteiger partial charge < -0.3 is 15.2 Å². The second-order valence-electron chi connectivity index (χ2n) is 5.85. The summed E-state index contributed by atoms with van der Waals surface area (Å²) >= 11 is 0. The number of piperidine rings is 1. The minimum absolute atomic E-state index is 0.0323. The number of aromatic amines is 1. The van der Waals surface area contributed by atoms with Crippen LogP contribution in [0.3, 0.4) is 0 Å². The monoisotopic (exact) mass is 288 g/mol. The lowest BCUT2D eigenvalue weighted by Crippen LogP contribution is -2.38. The van der Waals surface area contributed by atoms with Gasteiger partial charge in [0, 0.05) is 19.1 Å². The van der Waals surface area contributed by atoms with Crippen molar-refractivity contribution in [1.82, 2.24) is 19.8 Å². The Hall–Kier alpha value is -1.59. The van der Waals surface area contributed by atoms with Crippen LogP contribution in [-0.2, 0) is 0 Å². The van der Waals surface area contributed by atoms with Crippen molar-refractivity contribution >= 4 is 11.0 Å². The summed E-state index contributed by atoms with van der Waals surface area (Å²) in [6, 6.07) is 8.30. The number of likely N-dealkylation sites (tertiary alicyclic amines) is 1. The molecule has 0 bridgehead atoms. The maximum absolute atomic E-state index is 12.2. The zero-order valence-electron chi connectivity index (χ0n) is 12.6. The van der Waals surface area contributed by atoms with Crippen LogP contribution in [-0.4, -0.2) is 47.7 Å². The number of hydrogen-bond donors (Lipinski definition) is 2. The van der Waals surface area contributed by atoms with Crippen molar-refractivity contribution in [3.63, 3.8) is 0 Å². The maximum Gasteiger partial charge on any atom is 0.326 e. The molecular weight excluding hydrogens is 264 g/mol. The average Bonchev–Trinajstić information content (AvgIpc) is 2.84. The third kappa shape index (κ3) is 3.04. The lowest BCUT2D eigenvalue weighted by molar-refractivity contribution is 0.185. The minimum Gasteiger partial charge on any atom is -0.320 e. The Balaban J connectivity index is 1.68. The van der Waals surface area contributed by atoms with Gasteiger partial charge in [-0.1, -0.05) is 12.1 Å². The molecule has 5 heteroatoms. The molecule has 0 unspecified atom stereocenters. The number of hydrogen-bond acceptors (Lipinski definition) is 3. The largest absolute Gasteiger partial charge is 0.326 e. The standard InChI is InChI=1S/C16H24N4O/c1-17-9-4-10-19-11-7-13(8-12-19)20-15-6-3-2-5-14(15)18-16(20)21/h2-3,5-6,13,17H,4,7-12H2,1H3,(H,18,21). The molecule has 1 saturated heterocycles. The molecule has 1 aliphatic heterocycles. The summed E-state index contributed by atoms with van der Waals surface area (Å²) in [6.07, 6.45) is 3.30. The molecule has 1 aromatic carbocycles. The Morgan fingerprint density at radius 3 is 2.81 bits per heavy atom. The van der Waals surface area contributed by atoms with Gasteiger partial charge in [0.15, 0.2) is 0 Å². The smallest absolute Gasteiger partial charge is 0.320 e. The molecule has 2 N–H and O–H groups in total. The van der Waals surface area contributed by atoms with Crippen LogP contribution in [0.15, 0.2) is 29.1 Å². The second kappa shape index (κ2) is 6.45. The normalized spacial score (nSPS) is 17.6. The van der Waals surface area contributed by atoms with E-state index in [0.717, 1.165) is 50.1 Å². The third-order valence-electron chi connectivity index (χ3n) is 4.45. The number of imidazole rings is 1. The van der Waals surface area contributed by atoms with E-state index in [2.05, 4.69) is 15.2 Å². The van der Waals surface area contributed by atoms with Crippen molar-refractivity contribution < 1.29 is 0 Å². The molecule has 0 radical (unpaired) electrons. The quantitative estimate of drug-likeness (QED) is 0.821. The van der Waals surface area contributed by atoms with Gasteiger partial charge in [0.25, 0.3) is 0 Å². The van der Waals surface area contributed by atoms with E-state index in [9.17, 15) is 4.79 Å². The Kier molecular flexibility index (Phi) is 4.41. The number of nitrogens with zero attached hydrogens (tertiary/aromatic N) is 2. The molecule has 114 valence electrons. The molecule has 0 saturated carbocycles. The van der Waals surface area contributed by atoms with E-state index in [4.69, 9.17) is 0 Å². The van der Waals surface area contributed by atoms with Crippen molar-refractivity contribution in [2.75, 3.05) is 33.2 Å². The Morgan fingerprint density at radius 2 is 2.05 bits per heavy atom. The molecule has 0 spiro atoms. The van der Waals surface area contributed by atoms with Crippen LogP contribution in [0.1, 0.15) is 25.3 Å². The van der Waals surface area contributed by atoms with Crippen LogP contribution in [0.2, 0.25) is 0 Å². The maximum atomic E-state index is 12.2. The van der Waals surface area contributed by atoms with E-state index in [-0.39, 0.29) is 5.69 Å². The Morgan fingerprint density at radius 1 is 1.29 bits per heavy atom. The summed E-state index contributed by atoms with van der Waals surface area (Å²) in [5.41, 5.74) is 2.01. The highest BCUT2D eigenvalue weighted by molar-refractivity contribution is 5.75. The van der Waals surface area contributed by atoms with E-state index in [1.165, 1.54) is 6.42 Å². The van der Waals surface area contributed by atoms with Gasteiger partial charge in [-0.15, -0.1) is 0 Å².